The van der Waals surface area contributed by atoms with Gasteiger partial charge in [-0.05, 0) is 5.56 Å². The number of halogens is 3. The first-order valence-corrected chi connectivity index (χ1v) is 9.30. The Hall–Kier alpha value is -3.66. The van der Waals surface area contributed by atoms with Crippen LogP contribution < -0.4 is 10.6 Å². The highest BCUT2D eigenvalue weighted by Crippen LogP contribution is 2.37. The number of anilines is 2. The molecule has 3 aromatic rings. The first-order chi connectivity index (χ1) is 14.9. The molecule has 0 unspecified atom stereocenters. The summed E-state index contributed by atoms with van der Waals surface area (Å²) in [5.41, 5.74) is 1.59. The van der Waals surface area contributed by atoms with E-state index in [9.17, 15) is 22.8 Å². The molecule has 1 aliphatic heterocycles. The number of carbonyl (C=O) groups is 2. The maximum absolute atomic E-state index is 13.5. The van der Waals surface area contributed by atoms with E-state index >= 15 is 0 Å². The maximum atomic E-state index is 13.5. The van der Waals surface area contributed by atoms with Crippen LogP contribution in [0.3, 0.4) is 0 Å². The molecule has 0 fully saturated rings. The van der Waals surface area contributed by atoms with E-state index < -0.39 is 35.3 Å². The number of hydrogen-bond donors (Lipinski definition) is 2. The van der Waals surface area contributed by atoms with Gasteiger partial charge in [0.25, 0.3) is 0 Å². The van der Waals surface area contributed by atoms with Gasteiger partial charge in [-0.1, -0.05) is 30.3 Å². The molecule has 0 aliphatic carbocycles. The van der Waals surface area contributed by atoms with Crippen molar-refractivity contribution in [2.24, 2.45) is 0 Å². The lowest BCUT2D eigenvalue weighted by molar-refractivity contribution is -0.125. The molecule has 2 amide bonds. The number of fused-ring (bicyclic) bond motifs is 1. The summed E-state index contributed by atoms with van der Waals surface area (Å²) in [6, 6.07) is 9.38. The second kappa shape index (κ2) is 8.23. The molecule has 2 aromatic carbocycles. The largest absolute Gasteiger partial charge is 0.378 e. The van der Waals surface area contributed by atoms with Crippen molar-refractivity contribution in [1.29, 1.82) is 0 Å². The average molecular weight is 430 g/mol. The molecular weight excluding hydrogens is 413 g/mol. The fourth-order valence-electron chi connectivity index (χ4n) is 3.47. The summed E-state index contributed by atoms with van der Waals surface area (Å²) in [5.74, 6) is -5.36. The Morgan fingerprint density at radius 2 is 1.90 bits per heavy atom. The topological polar surface area (TPSA) is 85.2 Å². The zero-order chi connectivity index (χ0) is 22.1. The zero-order valence-corrected chi connectivity index (χ0v) is 16.3. The van der Waals surface area contributed by atoms with Crippen molar-refractivity contribution in [1.82, 2.24) is 9.78 Å². The average Bonchev–Trinajstić information content (AvgIpc) is 3.09. The Morgan fingerprint density at radius 3 is 2.55 bits per heavy atom. The molecule has 4 rings (SSSR count). The van der Waals surface area contributed by atoms with E-state index in [1.807, 2.05) is 30.3 Å². The number of nitrogens with zero attached hydrogens (tertiary/aromatic N) is 2. The Bertz CT molecular complexity index is 1140. The van der Waals surface area contributed by atoms with Gasteiger partial charge >= 0.3 is 0 Å². The standard InChI is InChI=1S/C21H17F3N4O3/c1-31-10-15-18(11-5-3-2-4-6-11)20-26-17(29)9-16(28(20)27-15)21(30)25-12-7-13(22)19(24)14(23)8-12/h2-8,16H,9-10H2,1H3,(H,25,30)(H,26,29)/t16-/m0/s1. The second-order valence-corrected chi connectivity index (χ2v) is 6.93. The summed E-state index contributed by atoms with van der Waals surface area (Å²) in [7, 11) is 1.49. The summed E-state index contributed by atoms with van der Waals surface area (Å²) < 4.78 is 46.8. The molecule has 1 aliphatic rings. The van der Waals surface area contributed by atoms with Crippen molar-refractivity contribution in [2.75, 3.05) is 17.7 Å². The van der Waals surface area contributed by atoms with Gasteiger partial charge in [0, 0.05) is 30.5 Å². The summed E-state index contributed by atoms with van der Waals surface area (Å²) in [6.07, 6.45) is -0.243. The summed E-state index contributed by atoms with van der Waals surface area (Å²) in [4.78, 5) is 25.2. The van der Waals surface area contributed by atoms with Gasteiger partial charge in [-0.25, -0.2) is 17.9 Å². The minimum atomic E-state index is -1.64. The molecular formula is C21H17F3N4O3. The van der Waals surface area contributed by atoms with E-state index in [0.717, 1.165) is 5.56 Å². The molecule has 0 spiro atoms. The molecule has 7 nitrogen and oxygen atoms in total. The third-order valence-corrected chi connectivity index (χ3v) is 4.81. The molecule has 31 heavy (non-hydrogen) atoms. The van der Waals surface area contributed by atoms with Crippen molar-refractivity contribution in [3.63, 3.8) is 0 Å². The molecule has 1 atom stereocenters. The predicted octanol–water partition coefficient (Wildman–Crippen LogP) is 3.64. The highest BCUT2D eigenvalue weighted by molar-refractivity contribution is 6.03. The normalized spacial score (nSPS) is 15.4. The highest BCUT2D eigenvalue weighted by atomic mass is 19.2. The summed E-state index contributed by atoms with van der Waals surface area (Å²) in [5, 5.41) is 9.51. The van der Waals surface area contributed by atoms with E-state index in [1.165, 1.54) is 11.8 Å². The first-order valence-electron chi connectivity index (χ1n) is 9.30. The third kappa shape index (κ3) is 3.89. The molecule has 0 saturated heterocycles. The smallest absolute Gasteiger partial charge is 0.249 e. The fraction of sp³-hybridized carbons (Fsp3) is 0.190. The van der Waals surface area contributed by atoms with Crippen molar-refractivity contribution in [3.8, 4) is 11.1 Å². The fourth-order valence-corrected chi connectivity index (χ4v) is 3.47. The van der Waals surface area contributed by atoms with Crippen LogP contribution >= 0.6 is 0 Å². The number of ether oxygens (including phenoxy) is 1. The van der Waals surface area contributed by atoms with Crippen LogP contribution in [-0.2, 0) is 20.9 Å². The SMILES string of the molecule is COCc1nn2c(c1-c1ccccc1)NC(=O)C[C@H]2C(=O)Nc1cc(F)c(F)c(F)c1. The van der Waals surface area contributed by atoms with Crippen LogP contribution in [0.5, 0.6) is 0 Å². The van der Waals surface area contributed by atoms with Gasteiger partial charge in [-0.15, -0.1) is 0 Å². The maximum Gasteiger partial charge on any atom is 0.249 e. The van der Waals surface area contributed by atoms with E-state index in [2.05, 4.69) is 15.7 Å². The van der Waals surface area contributed by atoms with Crippen LogP contribution in [0.2, 0.25) is 0 Å². The zero-order valence-electron chi connectivity index (χ0n) is 16.3. The van der Waals surface area contributed by atoms with E-state index in [4.69, 9.17) is 4.74 Å². The Balaban J connectivity index is 1.74. The van der Waals surface area contributed by atoms with Gasteiger partial charge in [-0.2, -0.15) is 5.10 Å². The molecule has 0 radical (unpaired) electrons. The summed E-state index contributed by atoms with van der Waals surface area (Å²) in [6.45, 7) is 0.128. The molecule has 0 saturated carbocycles. The van der Waals surface area contributed by atoms with Crippen molar-refractivity contribution in [3.05, 3.63) is 65.6 Å². The third-order valence-electron chi connectivity index (χ3n) is 4.81. The highest BCUT2D eigenvalue weighted by Gasteiger charge is 2.35. The number of benzene rings is 2. The Labute approximate surface area is 174 Å². The molecule has 2 heterocycles. The van der Waals surface area contributed by atoms with Gasteiger partial charge < -0.3 is 15.4 Å². The van der Waals surface area contributed by atoms with Crippen molar-refractivity contribution < 1.29 is 27.5 Å². The molecule has 160 valence electrons. The molecule has 10 heteroatoms. The Kier molecular flexibility index (Phi) is 5.47. The van der Waals surface area contributed by atoms with Gasteiger partial charge in [0.15, 0.2) is 17.5 Å². The van der Waals surface area contributed by atoms with E-state index in [1.54, 1.807) is 0 Å². The van der Waals surface area contributed by atoms with Crippen molar-refractivity contribution in [2.45, 2.75) is 19.1 Å². The monoisotopic (exact) mass is 430 g/mol. The van der Waals surface area contributed by atoms with Gasteiger partial charge in [-0.3, -0.25) is 9.59 Å². The minimum Gasteiger partial charge on any atom is -0.378 e. The van der Waals surface area contributed by atoms with Crippen LogP contribution in [0.1, 0.15) is 18.2 Å². The lowest BCUT2D eigenvalue weighted by Crippen LogP contribution is -2.36. The second-order valence-electron chi connectivity index (χ2n) is 6.93. The number of rotatable bonds is 5. The molecule has 2 N–H and O–H groups in total. The predicted molar refractivity (Wildman–Crippen MR) is 106 cm³/mol. The lowest BCUT2D eigenvalue weighted by atomic mass is 10.0. The Morgan fingerprint density at radius 1 is 1.23 bits per heavy atom. The van der Waals surface area contributed by atoms with Crippen LogP contribution in [0.15, 0.2) is 42.5 Å². The van der Waals surface area contributed by atoms with Crippen LogP contribution in [0.25, 0.3) is 11.1 Å². The van der Waals surface area contributed by atoms with Crippen LogP contribution in [0, 0.1) is 17.5 Å². The van der Waals surface area contributed by atoms with Gasteiger partial charge in [0.1, 0.15) is 11.9 Å². The number of nitrogens with one attached hydrogen (secondary N) is 2. The number of carbonyl (C=O) groups excluding carboxylic acids is 2. The van der Waals surface area contributed by atoms with E-state index in [-0.39, 0.29) is 18.7 Å². The van der Waals surface area contributed by atoms with Crippen LogP contribution in [0.4, 0.5) is 24.7 Å². The lowest BCUT2D eigenvalue weighted by Gasteiger charge is -2.24. The molecule has 0 bridgehead atoms. The number of hydrogen-bond acceptors (Lipinski definition) is 4. The quantitative estimate of drug-likeness (QED) is 0.606. The van der Waals surface area contributed by atoms with Crippen molar-refractivity contribution >= 4 is 23.3 Å². The first kappa shape index (κ1) is 20.6. The van der Waals surface area contributed by atoms with Crippen LogP contribution in [-0.4, -0.2) is 28.7 Å². The number of amides is 2. The van der Waals surface area contributed by atoms with E-state index in [0.29, 0.717) is 29.2 Å². The number of methoxy groups -OCH3 is 1. The van der Waals surface area contributed by atoms with Gasteiger partial charge in [0.2, 0.25) is 11.8 Å². The number of aromatic nitrogens is 2. The minimum absolute atomic E-state index is 0.128. The summed E-state index contributed by atoms with van der Waals surface area (Å²) >= 11 is 0. The van der Waals surface area contributed by atoms with Gasteiger partial charge in [0.05, 0.1) is 18.7 Å². The molecule has 1 aromatic heterocycles.